The standard InChI is InChI=1S/C24H29FN6O4.K/c1-14(2)19-17-4-3-5-18(25)20(17)31(27-19)24-26-21(35-28-24)15-6-10-29(11-7-15)16-8-12-30(13-9-16)22(32)23(33)34;/h3-5,14-16H,6-13H2,1-2H3,(H,33,34);/q;+1/p-1. The molecular weight excluding hydrogens is 494 g/mol. The molecule has 4 heterocycles. The van der Waals surface area contributed by atoms with Crippen molar-refractivity contribution >= 4 is 22.8 Å². The molecule has 5 rings (SSSR count). The van der Waals surface area contributed by atoms with E-state index < -0.39 is 11.9 Å². The first-order chi connectivity index (χ1) is 16.8. The van der Waals surface area contributed by atoms with Gasteiger partial charge in [-0.15, -0.1) is 0 Å². The molecule has 0 atom stereocenters. The second-order valence-electron chi connectivity index (χ2n) is 9.64. The predicted octanol–water partition coefficient (Wildman–Crippen LogP) is -1.40. The van der Waals surface area contributed by atoms with Gasteiger partial charge in [-0.25, -0.2) is 4.39 Å². The topological polar surface area (TPSA) is 120 Å². The fraction of sp³-hybridized carbons (Fsp3) is 0.542. The third-order valence-electron chi connectivity index (χ3n) is 7.17. The number of hydrogen-bond acceptors (Lipinski definition) is 8. The predicted molar refractivity (Wildman–Crippen MR) is 121 cm³/mol. The van der Waals surface area contributed by atoms with Crippen LogP contribution in [0.15, 0.2) is 22.7 Å². The van der Waals surface area contributed by atoms with Gasteiger partial charge < -0.3 is 24.2 Å². The van der Waals surface area contributed by atoms with E-state index in [4.69, 9.17) is 4.52 Å². The van der Waals surface area contributed by atoms with Crippen molar-refractivity contribution in [3.63, 3.8) is 0 Å². The summed E-state index contributed by atoms with van der Waals surface area (Å²) in [6.07, 6.45) is 3.16. The van der Waals surface area contributed by atoms with Crippen molar-refractivity contribution in [3.8, 4) is 5.95 Å². The number of aromatic nitrogens is 4. The Balaban J connectivity index is 0.00000304. The van der Waals surface area contributed by atoms with Gasteiger partial charge in [-0.3, -0.25) is 4.79 Å². The second-order valence-corrected chi connectivity index (χ2v) is 9.64. The molecule has 3 aromatic rings. The summed E-state index contributed by atoms with van der Waals surface area (Å²) in [5.41, 5.74) is 1.13. The van der Waals surface area contributed by atoms with Gasteiger partial charge in [0.15, 0.2) is 0 Å². The fourth-order valence-electron chi connectivity index (χ4n) is 5.27. The Hall–Kier alpha value is -1.70. The van der Waals surface area contributed by atoms with Crippen LogP contribution in [0, 0.1) is 5.82 Å². The zero-order valence-electron chi connectivity index (χ0n) is 20.8. The van der Waals surface area contributed by atoms with Gasteiger partial charge in [-0.1, -0.05) is 26.0 Å². The van der Waals surface area contributed by atoms with E-state index in [2.05, 4.69) is 20.1 Å². The van der Waals surface area contributed by atoms with E-state index in [1.54, 1.807) is 6.07 Å². The normalized spacial score (nSPS) is 18.1. The minimum atomic E-state index is -1.64. The maximum Gasteiger partial charge on any atom is 1.00 e. The van der Waals surface area contributed by atoms with Gasteiger partial charge in [0.1, 0.15) is 17.3 Å². The third kappa shape index (κ3) is 5.29. The third-order valence-corrected chi connectivity index (χ3v) is 7.17. The van der Waals surface area contributed by atoms with Crippen LogP contribution in [-0.2, 0) is 9.59 Å². The fourth-order valence-corrected chi connectivity index (χ4v) is 5.27. The average molecular weight is 523 g/mol. The van der Waals surface area contributed by atoms with E-state index in [-0.39, 0.29) is 75.0 Å². The number of hydrogen-bond donors (Lipinski definition) is 0. The maximum absolute atomic E-state index is 14.7. The van der Waals surface area contributed by atoms with Gasteiger partial charge in [0.25, 0.3) is 11.9 Å². The molecule has 36 heavy (non-hydrogen) atoms. The van der Waals surface area contributed by atoms with Crippen LogP contribution in [0.5, 0.6) is 0 Å². The minimum Gasteiger partial charge on any atom is -0.540 e. The van der Waals surface area contributed by atoms with Crippen LogP contribution in [-0.4, -0.2) is 73.8 Å². The zero-order chi connectivity index (χ0) is 24.7. The summed E-state index contributed by atoms with van der Waals surface area (Å²) in [6.45, 7) is 6.57. The number of nitrogens with zero attached hydrogens (tertiary/aromatic N) is 6. The van der Waals surface area contributed by atoms with Crippen LogP contribution in [0.3, 0.4) is 0 Å². The Labute approximate surface area is 250 Å². The first kappa shape index (κ1) is 27.3. The molecule has 1 aromatic carbocycles. The molecule has 2 aliphatic heterocycles. The molecule has 0 bridgehead atoms. The van der Waals surface area contributed by atoms with E-state index >= 15 is 0 Å². The first-order valence-corrected chi connectivity index (χ1v) is 12.1. The van der Waals surface area contributed by atoms with Gasteiger partial charge in [-0.05, 0) is 55.9 Å². The Bertz CT molecular complexity index is 1240. The zero-order valence-corrected chi connectivity index (χ0v) is 23.9. The number of carbonyl (C=O) groups is 2. The number of piperidine rings is 2. The van der Waals surface area contributed by atoms with Crippen molar-refractivity contribution < 1.29 is 75.0 Å². The number of aliphatic carboxylic acids is 1. The van der Waals surface area contributed by atoms with E-state index in [0.29, 0.717) is 30.5 Å². The molecule has 0 aliphatic carbocycles. The monoisotopic (exact) mass is 522 g/mol. The molecule has 12 heteroatoms. The number of fused-ring (bicyclic) bond motifs is 1. The number of para-hydroxylation sites is 1. The minimum absolute atomic E-state index is 0. The van der Waals surface area contributed by atoms with Gasteiger partial charge in [0, 0.05) is 30.4 Å². The largest absolute Gasteiger partial charge is 1.00 e. The van der Waals surface area contributed by atoms with E-state index in [9.17, 15) is 19.1 Å². The van der Waals surface area contributed by atoms with Gasteiger partial charge in [0.05, 0.1) is 5.69 Å². The van der Waals surface area contributed by atoms with Crippen molar-refractivity contribution in [3.05, 3.63) is 35.6 Å². The molecule has 0 radical (unpaired) electrons. The molecule has 2 saturated heterocycles. The molecule has 186 valence electrons. The molecule has 0 N–H and O–H groups in total. The average Bonchev–Trinajstić information content (AvgIpc) is 3.50. The molecule has 1 amide bonds. The van der Waals surface area contributed by atoms with Crippen LogP contribution >= 0.6 is 0 Å². The number of benzene rings is 1. The number of likely N-dealkylation sites (tertiary alicyclic amines) is 2. The number of carbonyl (C=O) groups excluding carboxylic acids is 2. The van der Waals surface area contributed by atoms with Crippen molar-refractivity contribution in [2.45, 2.75) is 57.4 Å². The molecule has 0 unspecified atom stereocenters. The van der Waals surface area contributed by atoms with Crippen LogP contribution in [0.2, 0.25) is 0 Å². The summed E-state index contributed by atoms with van der Waals surface area (Å²) in [6, 6.07) is 5.25. The van der Waals surface area contributed by atoms with Crippen LogP contribution < -0.4 is 56.5 Å². The Kier molecular flexibility index (Phi) is 8.62. The second kappa shape index (κ2) is 11.4. The Morgan fingerprint density at radius 1 is 1.11 bits per heavy atom. The van der Waals surface area contributed by atoms with Crippen LogP contribution in [0.1, 0.15) is 63.0 Å². The van der Waals surface area contributed by atoms with Gasteiger partial charge in [0.2, 0.25) is 5.89 Å². The van der Waals surface area contributed by atoms with Crippen LogP contribution in [0.25, 0.3) is 16.9 Å². The Morgan fingerprint density at radius 3 is 2.44 bits per heavy atom. The summed E-state index contributed by atoms with van der Waals surface area (Å²) < 4.78 is 21.7. The van der Waals surface area contributed by atoms with Crippen LogP contribution in [0.4, 0.5) is 4.39 Å². The van der Waals surface area contributed by atoms with E-state index in [1.807, 2.05) is 19.9 Å². The number of rotatable bonds is 4. The van der Waals surface area contributed by atoms with E-state index in [0.717, 1.165) is 49.9 Å². The number of halogens is 1. The van der Waals surface area contributed by atoms with Gasteiger partial charge >= 0.3 is 51.4 Å². The molecular formula is C24H28FKN6O4. The Morgan fingerprint density at radius 2 is 1.81 bits per heavy atom. The molecule has 2 aliphatic rings. The maximum atomic E-state index is 14.7. The molecule has 0 spiro atoms. The summed E-state index contributed by atoms with van der Waals surface area (Å²) in [4.78, 5) is 30.7. The quantitative estimate of drug-likeness (QED) is 0.303. The molecule has 0 saturated carbocycles. The number of amides is 1. The summed E-state index contributed by atoms with van der Waals surface area (Å²) >= 11 is 0. The van der Waals surface area contributed by atoms with Crippen molar-refractivity contribution in [1.29, 1.82) is 0 Å². The summed E-state index contributed by atoms with van der Waals surface area (Å²) in [5, 5.41) is 20.3. The number of carboxylic acid groups (broad SMARTS) is 1. The molecule has 2 aromatic heterocycles. The van der Waals surface area contributed by atoms with Gasteiger partial charge in [-0.2, -0.15) is 14.8 Å². The molecule has 10 nitrogen and oxygen atoms in total. The van der Waals surface area contributed by atoms with Crippen molar-refractivity contribution in [2.75, 3.05) is 26.2 Å². The number of carboxylic acids is 1. The first-order valence-electron chi connectivity index (χ1n) is 12.1. The van der Waals surface area contributed by atoms with E-state index in [1.165, 1.54) is 15.6 Å². The van der Waals surface area contributed by atoms with Crippen molar-refractivity contribution in [1.82, 2.24) is 29.7 Å². The molecule has 2 fully saturated rings. The van der Waals surface area contributed by atoms with Crippen molar-refractivity contribution in [2.24, 2.45) is 0 Å². The summed E-state index contributed by atoms with van der Waals surface area (Å²) in [7, 11) is 0. The smallest absolute Gasteiger partial charge is 0.540 e. The SMILES string of the molecule is CC(C)c1nn(-c2noc(C3CCN(C4CCN(C(=O)C(=O)[O-])CC4)CC3)n2)c2c(F)cccc12.[K+]. The summed E-state index contributed by atoms with van der Waals surface area (Å²) in [5.74, 6) is -1.98.